The van der Waals surface area contributed by atoms with Gasteiger partial charge in [0.15, 0.2) is 12.4 Å². The Morgan fingerprint density at radius 2 is 1.73 bits per heavy atom. The van der Waals surface area contributed by atoms with Crippen molar-refractivity contribution in [3.63, 3.8) is 0 Å². The third kappa shape index (κ3) is 4.84. The number of hydrogen-bond acceptors (Lipinski definition) is 11. The number of rotatable bonds is 6. The SMILES string of the molecule is CC(=O)O[C@@H]1[C@@H](C)O[C@@H](O[C@@H]2CC[C@]3(C=O)[C@H]4CC[C@]5(C)[C@@H](C6=CC(=O)OC6)CC[C@@]5(O)[C@@H]4CC[C@]3(O)C2)C[C@H]1OC(C)=O. The third-order valence-corrected chi connectivity index (χ3v) is 12.4. The molecule has 11 heteroatoms. The number of carbonyl (C=O) groups excluding carboxylic acids is 4. The summed E-state index contributed by atoms with van der Waals surface area (Å²) >= 11 is 0. The summed E-state index contributed by atoms with van der Waals surface area (Å²) in [5.74, 6) is -1.59. The van der Waals surface area contributed by atoms with Crippen LogP contribution in [0.1, 0.15) is 91.9 Å². The monoisotopic (exact) mass is 618 g/mol. The van der Waals surface area contributed by atoms with Gasteiger partial charge >= 0.3 is 17.9 Å². The average Bonchev–Trinajstić information content (AvgIpc) is 3.49. The van der Waals surface area contributed by atoms with E-state index < -0.39 is 64.7 Å². The van der Waals surface area contributed by atoms with Crippen molar-refractivity contribution in [1.82, 2.24) is 0 Å². The summed E-state index contributed by atoms with van der Waals surface area (Å²) in [5, 5.41) is 24.7. The second kappa shape index (κ2) is 11.2. The van der Waals surface area contributed by atoms with Crippen molar-refractivity contribution in [3.05, 3.63) is 11.6 Å². The summed E-state index contributed by atoms with van der Waals surface area (Å²) in [6.45, 7) is 6.72. The van der Waals surface area contributed by atoms with Gasteiger partial charge in [0.2, 0.25) is 0 Å². The fourth-order valence-electron chi connectivity index (χ4n) is 10.4. The molecule has 0 amide bonds. The van der Waals surface area contributed by atoms with Gasteiger partial charge in [-0.25, -0.2) is 4.79 Å². The van der Waals surface area contributed by atoms with Crippen LogP contribution >= 0.6 is 0 Å². The summed E-state index contributed by atoms with van der Waals surface area (Å²) < 4.78 is 28.5. The molecule has 0 unspecified atom stereocenters. The van der Waals surface area contributed by atoms with Gasteiger partial charge in [0.25, 0.3) is 0 Å². The lowest BCUT2D eigenvalue weighted by Crippen LogP contribution is -2.69. The zero-order chi connectivity index (χ0) is 31.7. The van der Waals surface area contributed by atoms with Gasteiger partial charge < -0.3 is 38.7 Å². The lowest BCUT2D eigenvalue weighted by atomic mass is 9.41. The van der Waals surface area contributed by atoms with Crippen molar-refractivity contribution in [1.29, 1.82) is 0 Å². The molecule has 0 spiro atoms. The first-order chi connectivity index (χ1) is 20.7. The van der Waals surface area contributed by atoms with Crippen LogP contribution < -0.4 is 0 Å². The molecule has 12 atom stereocenters. The van der Waals surface area contributed by atoms with Gasteiger partial charge in [0.05, 0.1) is 28.8 Å². The molecule has 2 heterocycles. The topological polar surface area (TPSA) is 155 Å². The highest BCUT2D eigenvalue weighted by molar-refractivity contribution is 5.85. The molecule has 0 radical (unpaired) electrons. The molecule has 244 valence electrons. The molecule has 11 nitrogen and oxygen atoms in total. The first-order valence-electron chi connectivity index (χ1n) is 16.2. The van der Waals surface area contributed by atoms with E-state index in [1.54, 1.807) is 13.0 Å². The molecule has 4 aliphatic carbocycles. The normalized spacial score (nSPS) is 48.2. The van der Waals surface area contributed by atoms with Crippen LogP contribution in [0.3, 0.4) is 0 Å². The molecule has 0 aromatic rings. The van der Waals surface area contributed by atoms with Crippen LogP contribution in [0, 0.1) is 28.6 Å². The Morgan fingerprint density at radius 3 is 2.39 bits per heavy atom. The Labute approximate surface area is 257 Å². The second-order valence-electron chi connectivity index (χ2n) is 14.5. The van der Waals surface area contributed by atoms with E-state index in [1.165, 1.54) is 13.8 Å². The van der Waals surface area contributed by atoms with Gasteiger partial charge in [-0.2, -0.15) is 0 Å². The number of hydrogen-bond donors (Lipinski definition) is 2. The predicted molar refractivity (Wildman–Crippen MR) is 153 cm³/mol. The fraction of sp³-hybridized carbons (Fsp3) is 0.818. The summed E-state index contributed by atoms with van der Waals surface area (Å²) in [6, 6.07) is 0. The maximum Gasteiger partial charge on any atom is 0.331 e. The van der Waals surface area contributed by atoms with Crippen molar-refractivity contribution in [2.75, 3.05) is 6.61 Å². The predicted octanol–water partition coefficient (Wildman–Crippen LogP) is 2.92. The van der Waals surface area contributed by atoms with Crippen LogP contribution in [0.4, 0.5) is 0 Å². The van der Waals surface area contributed by atoms with Gasteiger partial charge in [-0.15, -0.1) is 0 Å². The Balaban J connectivity index is 1.18. The van der Waals surface area contributed by atoms with E-state index in [0.717, 1.165) is 18.3 Å². The van der Waals surface area contributed by atoms with Gasteiger partial charge in [-0.05, 0) is 81.6 Å². The van der Waals surface area contributed by atoms with Crippen molar-refractivity contribution >= 4 is 24.2 Å². The summed E-state index contributed by atoms with van der Waals surface area (Å²) in [4.78, 5) is 48.4. The molecular weight excluding hydrogens is 572 g/mol. The van der Waals surface area contributed by atoms with Gasteiger partial charge in [-0.1, -0.05) is 6.92 Å². The van der Waals surface area contributed by atoms with Crippen molar-refractivity contribution in [3.8, 4) is 0 Å². The lowest BCUT2D eigenvalue weighted by molar-refractivity contribution is -0.288. The highest BCUT2D eigenvalue weighted by Crippen LogP contribution is 2.70. The first kappa shape index (κ1) is 31.6. The molecule has 44 heavy (non-hydrogen) atoms. The number of cyclic esters (lactones) is 1. The summed E-state index contributed by atoms with van der Waals surface area (Å²) in [6.07, 6.45) is 4.39. The van der Waals surface area contributed by atoms with Crippen LogP contribution in [-0.4, -0.2) is 82.9 Å². The molecule has 1 saturated heterocycles. The van der Waals surface area contributed by atoms with Crippen molar-refractivity contribution in [2.45, 2.75) is 134 Å². The van der Waals surface area contributed by atoms with Crippen molar-refractivity contribution < 1.29 is 53.1 Å². The van der Waals surface area contributed by atoms with E-state index >= 15 is 0 Å². The van der Waals surface area contributed by atoms with Gasteiger partial charge in [0.1, 0.15) is 19.0 Å². The van der Waals surface area contributed by atoms with E-state index in [0.29, 0.717) is 44.9 Å². The highest BCUT2D eigenvalue weighted by atomic mass is 16.7. The zero-order valence-corrected chi connectivity index (χ0v) is 26.1. The minimum absolute atomic E-state index is 0.0474. The molecule has 4 saturated carbocycles. The van der Waals surface area contributed by atoms with E-state index in [9.17, 15) is 29.4 Å². The minimum Gasteiger partial charge on any atom is -0.458 e. The quantitative estimate of drug-likeness (QED) is 0.195. The lowest BCUT2D eigenvalue weighted by Gasteiger charge is -2.65. The minimum atomic E-state index is -1.30. The Bertz CT molecular complexity index is 1230. The number of aldehydes is 1. The zero-order valence-electron chi connectivity index (χ0n) is 26.1. The average molecular weight is 619 g/mol. The molecule has 0 aromatic carbocycles. The third-order valence-electron chi connectivity index (χ3n) is 12.4. The molecule has 2 aliphatic heterocycles. The summed E-state index contributed by atoms with van der Waals surface area (Å²) in [5.41, 5.74) is -2.79. The standard InChI is InChI=1S/C33H46O11/c1-18-29(43-20(3)36)26(42-19(2)35)14-28(41-18)44-22-5-10-31(17-34)24-6-9-30(4)23(21-13-27(37)40-16-21)8-12-33(30,39)25(24)7-11-32(31,38)15-22/h13,17-18,22-26,28-29,38-39H,5-12,14-16H2,1-4H3/t18-,22-,23-,24+,25-,26-,28+,29-,30-,31+,32+,33-/m1/s1. The number of aliphatic hydroxyl groups is 2. The van der Waals surface area contributed by atoms with E-state index in [1.807, 2.05) is 0 Å². The van der Waals surface area contributed by atoms with E-state index in [2.05, 4.69) is 6.92 Å². The Kier molecular flexibility index (Phi) is 8.03. The van der Waals surface area contributed by atoms with E-state index in [4.69, 9.17) is 23.7 Å². The summed E-state index contributed by atoms with van der Waals surface area (Å²) in [7, 11) is 0. The number of fused-ring (bicyclic) bond motifs is 5. The number of ether oxygens (including phenoxy) is 5. The smallest absolute Gasteiger partial charge is 0.331 e. The van der Waals surface area contributed by atoms with Gasteiger partial charge in [0, 0.05) is 38.2 Å². The molecule has 0 aromatic heterocycles. The van der Waals surface area contributed by atoms with Gasteiger partial charge in [-0.3, -0.25) is 9.59 Å². The first-order valence-corrected chi connectivity index (χ1v) is 16.2. The highest BCUT2D eigenvalue weighted by Gasteiger charge is 2.71. The molecule has 6 aliphatic rings. The number of esters is 3. The molecule has 2 N–H and O–H groups in total. The van der Waals surface area contributed by atoms with Crippen LogP contribution in [0.15, 0.2) is 11.6 Å². The van der Waals surface area contributed by atoms with Crippen LogP contribution in [0.2, 0.25) is 0 Å². The number of carbonyl (C=O) groups is 4. The fourth-order valence-corrected chi connectivity index (χ4v) is 10.4. The Hall–Kier alpha value is -2.34. The maximum atomic E-state index is 13.1. The van der Waals surface area contributed by atoms with Crippen LogP contribution in [-0.2, 0) is 42.9 Å². The molecule has 0 bridgehead atoms. The molecule has 6 rings (SSSR count). The second-order valence-corrected chi connectivity index (χ2v) is 14.5. The largest absolute Gasteiger partial charge is 0.458 e. The van der Waals surface area contributed by atoms with E-state index in [-0.39, 0.29) is 43.2 Å². The van der Waals surface area contributed by atoms with Crippen molar-refractivity contribution in [2.24, 2.45) is 28.6 Å². The van der Waals surface area contributed by atoms with Crippen LogP contribution in [0.25, 0.3) is 0 Å². The molecular formula is C33H46O11. The van der Waals surface area contributed by atoms with Crippen LogP contribution in [0.5, 0.6) is 0 Å². The molecule has 5 fully saturated rings. The Morgan fingerprint density at radius 1 is 1.00 bits per heavy atom. The maximum absolute atomic E-state index is 13.1.